The van der Waals surface area contributed by atoms with Gasteiger partial charge in [-0.2, -0.15) is 0 Å². The van der Waals surface area contributed by atoms with Crippen molar-refractivity contribution in [2.45, 2.75) is 26.9 Å². The van der Waals surface area contributed by atoms with Crippen molar-refractivity contribution < 1.29 is 0 Å². The highest BCUT2D eigenvalue weighted by Crippen LogP contribution is 2.46. The highest BCUT2D eigenvalue weighted by atomic mass is 28.3. The van der Waals surface area contributed by atoms with E-state index in [-0.39, 0.29) is 0 Å². The summed E-state index contributed by atoms with van der Waals surface area (Å²) in [7, 11) is -2.00. The van der Waals surface area contributed by atoms with Crippen molar-refractivity contribution in [1.82, 2.24) is 0 Å². The van der Waals surface area contributed by atoms with Gasteiger partial charge in [0.25, 0.3) is 0 Å². The van der Waals surface area contributed by atoms with Gasteiger partial charge in [-0.15, -0.1) is 0 Å². The zero-order valence-electron chi connectivity index (χ0n) is 28.5. The zero-order chi connectivity index (χ0) is 33.3. The van der Waals surface area contributed by atoms with Crippen molar-refractivity contribution in [3.05, 3.63) is 169 Å². The van der Waals surface area contributed by atoms with Crippen LogP contribution in [0.5, 0.6) is 0 Å². The molecule has 0 amide bonds. The quantitative estimate of drug-likeness (QED) is 0.132. The van der Waals surface area contributed by atoms with E-state index in [1.165, 1.54) is 88.3 Å². The summed E-state index contributed by atoms with van der Waals surface area (Å²) in [4.78, 5) is 0. The van der Waals surface area contributed by atoms with Gasteiger partial charge in [-0.25, -0.2) is 0 Å². The minimum atomic E-state index is -2.00. The summed E-state index contributed by atoms with van der Waals surface area (Å²) in [5.74, 6) is 0. The molecule has 0 spiro atoms. The van der Waals surface area contributed by atoms with Crippen molar-refractivity contribution in [2.24, 2.45) is 0 Å². The van der Waals surface area contributed by atoms with E-state index in [0.29, 0.717) is 0 Å². The van der Waals surface area contributed by atoms with E-state index < -0.39 is 8.07 Å². The predicted octanol–water partition coefficient (Wildman–Crippen LogP) is 12.1. The lowest BCUT2D eigenvalue weighted by molar-refractivity contribution is 1.47. The van der Waals surface area contributed by atoms with Crippen molar-refractivity contribution in [3.63, 3.8) is 0 Å². The first kappa shape index (κ1) is 29.6. The highest BCUT2D eigenvalue weighted by Gasteiger charge is 2.40. The van der Waals surface area contributed by atoms with Crippen LogP contribution < -0.4 is 10.4 Å². The molecule has 8 aromatic carbocycles. The van der Waals surface area contributed by atoms with Gasteiger partial charge in [0.05, 0.1) is 0 Å². The molecule has 0 saturated heterocycles. The molecule has 0 bridgehead atoms. The van der Waals surface area contributed by atoms with Gasteiger partial charge < -0.3 is 0 Å². The highest BCUT2D eigenvalue weighted by molar-refractivity contribution is 7.04. The van der Waals surface area contributed by atoms with Gasteiger partial charge in [-0.3, -0.25) is 0 Å². The van der Waals surface area contributed by atoms with Crippen LogP contribution in [0.1, 0.15) is 11.1 Å². The Balaban J connectivity index is 1.39. The topological polar surface area (TPSA) is 0 Å². The first-order valence-corrected chi connectivity index (χ1v) is 20.4. The third-order valence-corrected chi connectivity index (χ3v) is 14.3. The van der Waals surface area contributed by atoms with E-state index in [1.807, 2.05) is 0 Å². The standard InChI is InChI=1S/C48H38Si/c1-31-23-24-45-42(25-31)43-26-32(2)27-44(48(43)49(45,3)4)47-40-21-13-11-19-38(40)46(39-20-12-14-22-41(39)47)37-29-35(33-15-7-5-8-16-33)28-36(30-37)34-17-9-6-10-18-34/h5-30H,1-4H3. The molecule has 0 N–H and O–H groups in total. The minimum absolute atomic E-state index is 1.23. The van der Waals surface area contributed by atoms with E-state index in [4.69, 9.17) is 0 Å². The fraction of sp³-hybridized carbons (Fsp3) is 0.0833. The van der Waals surface area contributed by atoms with Gasteiger partial charge in [0.2, 0.25) is 0 Å². The molecule has 0 aromatic heterocycles. The summed E-state index contributed by atoms with van der Waals surface area (Å²) < 4.78 is 0. The third-order valence-electron chi connectivity index (χ3n) is 10.7. The van der Waals surface area contributed by atoms with Crippen LogP contribution in [-0.4, -0.2) is 8.07 Å². The van der Waals surface area contributed by atoms with Crippen molar-refractivity contribution in [3.8, 4) is 55.6 Å². The molecule has 0 unspecified atom stereocenters. The number of hydrogen-bond acceptors (Lipinski definition) is 0. The maximum atomic E-state index is 2.55. The number of rotatable bonds is 4. The Bertz CT molecular complexity index is 2460. The summed E-state index contributed by atoms with van der Waals surface area (Å²) in [6.45, 7) is 9.58. The van der Waals surface area contributed by atoms with Crippen LogP contribution in [0.25, 0.3) is 77.2 Å². The second-order valence-electron chi connectivity index (χ2n) is 14.3. The molecule has 9 rings (SSSR count). The lowest BCUT2D eigenvalue weighted by Gasteiger charge is -2.25. The van der Waals surface area contributed by atoms with Crippen LogP contribution in [0.4, 0.5) is 0 Å². The number of fused-ring (bicyclic) bond motifs is 5. The molecule has 8 aromatic rings. The Hall–Kier alpha value is -5.50. The molecular formula is C48H38Si. The molecule has 0 radical (unpaired) electrons. The first-order valence-electron chi connectivity index (χ1n) is 17.4. The van der Waals surface area contributed by atoms with Gasteiger partial charge in [0.15, 0.2) is 0 Å². The summed E-state index contributed by atoms with van der Waals surface area (Å²) in [5, 5.41) is 8.33. The van der Waals surface area contributed by atoms with E-state index in [2.05, 4.69) is 185 Å². The fourth-order valence-corrected chi connectivity index (χ4v) is 11.9. The van der Waals surface area contributed by atoms with E-state index in [0.717, 1.165) is 0 Å². The SMILES string of the molecule is Cc1ccc2c(c1)-c1cc(C)cc(-c3c4ccccc4c(-c4cc(-c5ccccc5)cc(-c5ccccc5)c4)c4ccccc34)c1[Si]2(C)C. The van der Waals surface area contributed by atoms with Gasteiger partial charge in [-0.05, 0) is 125 Å². The zero-order valence-corrected chi connectivity index (χ0v) is 29.5. The van der Waals surface area contributed by atoms with Crippen molar-refractivity contribution >= 4 is 40.0 Å². The molecule has 0 fully saturated rings. The Morgan fingerprint density at radius 2 is 0.796 bits per heavy atom. The van der Waals surface area contributed by atoms with Gasteiger partial charge >= 0.3 is 0 Å². The van der Waals surface area contributed by atoms with E-state index in [1.54, 1.807) is 10.4 Å². The normalized spacial score (nSPS) is 13.1. The maximum Gasteiger partial charge on any atom is 0.114 e. The fourth-order valence-electron chi connectivity index (χ4n) is 8.53. The molecule has 234 valence electrons. The second-order valence-corrected chi connectivity index (χ2v) is 18.6. The molecule has 0 atom stereocenters. The van der Waals surface area contributed by atoms with Crippen LogP contribution in [-0.2, 0) is 0 Å². The minimum Gasteiger partial charge on any atom is -0.0622 e. The van der Waals surface area contributed by atoms with Crippen molar-refractivity contribution in [1.29, 1.82) is 0 Å². The third kappa shape index (κ3) is 4.72. The summed E-state index contributed by atoms with van der Waals surface area (Å²) >= 11 is 0. The van der Waals surface area contributed by atoms with Crippen LogP contribution in [0, 0.1) is 13.8 Å². The average molecular weight is 643 g/mol. The molecule has 1 aliphatic heterocycles. The van der Waals surface area contributed by atoms with E-state index in [9.17, 15) is 0 Å². The number of hydrogen-bond donors (Lipinski definition) is 0. The van der Waals surface area contributed by atoms with E-state index >= 15 is 0 Å². The smallest absolute Gasteiger partial charge is 0.0622 e. The largest absolute Gasteiger partial charge is 0.114 e. The van der Waals surface area contributed by atoms with Crippen LogP contribution >= 0.6 is 0 Å². The lowest BCUT2D eigenvalue weighted by atomic mass is 9.83. The maximum absolute atomic E-state index is 2.55. The molecule has 49 heavy (non-hydrogen) atoms. The molecule has 1 heteroatoms. The summed E-state index contributed by atoms with van der Waals surface area (Å²) in [6.07, 6.45) is 0. The Labute approximate surface area is 290 Å². The Kier molecular flexibility index (Phi) is 6.83. The van der Waals surface area contributed by atoms with Gasteiger partial charge in [-0.1, -0.05) is 158 Å². The predicted molar refractivity (Wildman–Crippen MR) is 215 cm³/mol. The molecular weight excluding hydrogens is 605 g/mol. The summed E-state index contributed by atoms with van der Waals surface area (Å²) in [6, 6.07) is 59.0. The van der Waals surface area contributed by atoms with Gasteiger partial charge in [0, 0.05) is 0 Å². The number of benzene rings is 8. The Morgan fingerprint density at radius 1 is 0.347 bits per heavy atom. The van der Waals surface area contributed by atoms with Crippen LogP contribution in [0.2, 0.25) is 13.1 Å². The molecule has 1 aliphatic rings. The second kappa shape index (κ2) is 11.3. The molecule has 0 saturated carbocycles. The lowest BCUT2D eigenvalue weighted by Crippen LogP contribution is -2.50. The molecule has 1 heterocycles. The Morgan fingerprint density at radius 3 is 1.35 bits per heavy atom. The monoisotopic (exact) mass is 642 g/mol. The number of aryl methyl sites for hydroxylation is 2. The van der Waals surface area contributed by atoms with Crippen molar-refractivity contribution in [2.75, 3.05) is 0 Å². The van der Waals surface area contributed by atoms with Gasteiger partial charge in [0.1, 0.15) is 8.07 Å². The molecule has 0 aliphatic carbocycles. The van der Waals surface area contributed by atoms with Crippen LogP contribution in [0.15, 0.2) is 158 Å². The molecule has 0 nitrogen and oxygen atoms in total. The average Bonchev–Trinajstić information content (AvgIpc) is 3.35. The first-order chi connectivity index (χ1) is 23.9. The van der Waals surface area contributed by atoms with Crippen LogP contribution in [0.3, 0.4) is 0 Å². The summed E-state index contributed by atoms with van der Waals surface area (Å²) in [5.41, 5.74) is 15.7.